The van der Waals surface area contributed by atoms with Gasteiger partial charge < -0.3 is 10.6 Å². The van der Waals surface area contributed by atoms with Gasteiger partial charge in [0.05, 0.1) is 0 Å². The van der Waals surface area contributed by atoms with Gasteiger partial charge in [0.1, 0.15) is 5.82 Å². The monoisotopic (exact) mass is 287 g/mol. The molecule has 1 saturated carbocycles. The van der Waals surface area contributed by atoms with Crippen molar-refractivity contribution in [3.8, 4) is 0 Å². The van der Waals surface area contributed by atoms with Crippen molar-refractivity contribution in [1.29, 1.82) is 0 Å². The second-order valence-electron chi connectivity index (χ2n) is 7.11. The van der Waals surface area contributed by atoms with E-state index in [1.165, 1.54) is 62.0 Å². The number of nitrogens with zero attached hydrogens (tertiary/aromatic N) is 2. The van der Waals surface area contributed by atoms with E-state index in [0.717, 1.165) is 18.4 Å². The zero-order valence-corrected chi connectivity index (χ0v) is 13.5. The Kier molecular flexibility index (Phi) is 4.48. The second-order valence-corrected chi connectivity index (χ2v) is 7.11. The minimum absolute atomic E-state index is 0.203. The summed E-state index contributed by atoms with van der Waals surface area (Å²) in [7, 11) is 0. The Balaban J connectivity index is 1.81. The van der Waals surface area contributed by atoms with Crippen LogP contribution in [0.3, 0.4) is 0 Å². The fourth-order valence-electron chi connectivity index (χ4n) is 4.30. The summed E-state index contributed by atoms with van der Waals surface area (Å²) in [4.78, 5) is 7.43. The van der Waals surface area contributed by atoms with Crippen molar-refractivity contribution in [2.75, 3.05) is 11.4 Å². The summed E-state index contributed by atoms with van der Waals surface area (Å²) in [6.07, 6.45) is 11.3. The number of hydrogen-bond donors (Lipinski definition) is 1. The summed E-state index contributed by atoms with van der Waals surface area (Å²) in [6, 6.07) is 3.23. The van der Waals surface area contributed by atoms with Crippen molar-refractivity contribution in [3.63, 3.8) is 0 Å². The fourth-order valence-corrected chi connectivity index (χ4v) is 4.30. The van der Waals surface area contributed by atoms with Gasteiger partial charge in [0.2, 0.25) is 0 Å². The van der Waals surface area contributed by atoms with Crippen molar-refractivity contribution >= 4 is 5.82 Å². The Bertz CT molecular complexity index is 481. The SMILES string of the molecule is Cc1cc(CC(C)N)cnc1N1CCCC2CCCCC21. The Hall–Kier alpha value is -1.09. The van der Waals surface area contributed by atoms with Crippen molar-refractivity contribution in [1.82, 2.24) is 4.98 Å². The van der Waals surface area contributed by atoms with Gasteiger partial charge in [-0.3, -0.25) is 0 Å². The number of rotatable bonds is 3. The molecule has 3 atom stereocenters. The average molecular weight is 287 g/mol. The molecule has 0 spiro atoms. The van der Waals surface area contributed by atoms with E-state index in [1.54, 1.807) is 0 Å². The molecule has 0 bridgehead atoms. The maximum Gasteiger partial charge on any atom is 0.131 e. The zero-order valence-electron chi connectivity index (χ0n) is 13.5. The number of pyridine rings is 1. The molecule has 1 saturated heterocycles. The molecule has 1 aromatic rings. The molecule has 2 aliphatic rings. The maximum absolute atomic E-state index is 5.90. The van der Waals surface area contributed by atoms with Crippen LogP contribution in [-0.2, 0) is 6.42 Å². The molecule has 3 rings (SSSR count). The molecule has 3 nitrogen and oxygen atoms in total. The third-order valence-corrected chi connectivity index (χ3v) is 5.18. The number of aryl methyl sites for hydroxylation is 1. The van der Waals surface area contributed by atoms with E-state index in [1.807, 2.05) is 6.20 Å². The van der Waals surface area contributed by atoms with Gasteiger partial charge >= 0.3 is 0 Å². The van der Waals surface area contributed by atoms with E-state index in [2.05, 4.69) is 24.8 Å². The number of nitrogens with two attached hydrogens (primary N) is 1. The van der Waals surface area contributed by atoms with E-state index in [4.69, 9.17) is 10.7 Å². The first kappa shape index (κ1) is 14.8. The normalized spacial score (nSPS) is 27.3. The molecule has 3 heteroatoms. The van der Waals surface area contributed by atoms with Crippen LogP contribution >= 0.6 is 0 Å². The standard InChI is InChI=1S/C18H29N3/c1-13-10-15(11-14(2)19)12-20-18(13)21-9-5-7-16-6-3-4-8-17(16)21/h10,12,14,16-17H,3-9,11,19H2,1-2H3. The first-order valence-electron chi connectivity index (χ1n) is 8.63. The molecular formula is C18H29N3. The lowest BCUT2D eigenvalue weighted by Gasteiger charge is -2.45. The summed E-state index contributed by atoms with van der Waals surface area (Å²) in [5, 5.41) is 0. The molecule has 1 aromatic heterocycles. The lowest BCUT2D eigenvalue weighted by molar-refractivity contribution is 0.242. The Labute approximate surface area is 128 Å². The van der Waals surface area contributed by atoms with E-state index < -0.39 is 0 Å². The van der Waals surface area contributed by atoms with Crippen LogP contribution in [-0.4, -0.2) is 23.6 Å². The third kappa shape index (κ3) is 3.23. The molecule has 2 N–H and O–H groups in total. The molecular weight excluding hydrogens is 258 g/mol. The van der Waals surface area contributed by atoms with E-state index in [-0.39, 0.29) is 6.04 Å². The van der Waals surface area contributed by atoms with Crippen LogP contribution in [0.5, 0.6) is 0 Å². The van der Waals surface area contributed by atoms with Gasteiger partial charge in [-0.2, -0.15) is 0 Å². The fraction of sp³-hybridized carbons (Fsp3) is 0.722. The third-order valence-electron chi connectivity index (χ3n) is 5.18. The highest BCUT2D eigenvalue weighted by molar-refractivity contribution is 5.49. The minimum atomic E-state index is 0.203. The van der Waals surface area contributed by atoms with E-state index in [0.29, 0.717) is 0 Å². The number of anilines is 1. The van der Waals surface area contributed by atoms with Crippen LogP contribution in [0.1, 0.15) is 56.6 Å². The first-order valence-corrected chi connectivity index (χ1v) is 8.63. The predicted molar refractivity (Wildman–Crippen MR) is 88.7 cm³/mol. The van der Waals surface area contributed by atoms with Crippen LogP contribution in [0.25, 0.3) is 0 Å². The van der Waals surface area contributed by atoms with Crippen LogP contribution < -0.4 is 10.6 Å². The van der Waals surface area contributed by atoms with Gasteiger partial charge in [0.25, 0.3) is 0 Å². The highest BCUT2D eigenvalue weighted by atomic mass is 15.2. The van der Waals surface area contributed by atoms with Gasteiger partial charge in [-0.1, -0.05) is 18.9 Å². The molecule has 1 aliphatic heterocycles. The van der Waals surface area contributed by atoms with Crippen molar-refractivity contribution in [3.05, 3.63) is 23.4 Å². The second kappa shape index (κ2) is 6.35. The molecule has 0 aromatic carbocycles. The topological polar surface area (TPSA) is 42.1 Å². The molecule has 0 amide bonds. The van der Waals surface area contributed by atoms with Gasteiger partial charge in [-0.15, -0.1) is 0 Å². The van der Waals surface area contributed by atoms with Gasteiger partial charge in [0, 0.05) is 24.8 Å². The van der Waals surface area contributed by atoms with E-state index in [9.17, 15) is 0 Å². The number of fused-ring (bicyclic) bond motifs is 1. The van der Waals surface area contributed by atoms with Crippen LogP contribution in [0.15, 0.2) is 12.3 Å². The van der Waals surface area contributed by atoms with Crippen LogP contribution in [0.2, 0.25) is 0 Å². The first-order chi connectivity index (χ1) is 10.1. The summed E-state index contributed by atoms with van der Waals surface area (Å²) in [5.74, 6) is 2.12. The Morgan fingerprint density at radius 1 is 1.29 bits per heavy atom. The Morgan fingerprint density at radius 3 is 2.81 bits per heavy atom. The lowest BCUT2D eigenvalue weighted by atomic mass is 9.78. The minimum Gasteiger partial charge on any atom is -0.353 e. The molecule has 2 heterocycles. The van der Waals surface area contributed by atoms with Crippen molar-refractivity contribution in [2.24, 2.45) is 11.7 Å². The summed E-state index contributed by atoms with van der Waals surface area (Å²) < 4.78 is 0. The molecule has 116 valence electrons. The van der Waals surface area contributed by atoms with Gasteiger partial charge in [-0.05, 0) is 63.0 Å². The largest absolute Gasteiger partial charge is 0.353 e. The molecule has 0 radical (unpaired) electrons. The molecule has 3 unspecified atom stereocenters. The maximum atomic E-state index is 5.90. The summed E-state index contributed by atoms with van der Waals surface area (Å²) in [6.45, 7) is 5.45. The van der Waals surface area contributed by atoms with Crippen LogP contribution in [0, 0.1) is 12.8 Å². The Morgan fingerprint density at radius 2 is 2.05 bits per heavy atom. The smallest absolute Gasteiger partial charge is 0.131 e. The van der Waals surface area contributed by atoms with Crippen LogP contribution in [0.4, 0.5) is 5.82 Å². The van der Waals surface area contributed by atoms with Gasteiger partial charge in [0.15, 0.2) is 0 Å². The molecule has 2 fully saturated rings. The molecule has 21 heavy (non-hydrogen) atoms. The number of piperidine rings is 1. The van der Waals surface area contributed by atoms with Gasteiger partial charge in [-0.25, -0.2) is 4.98 Å². The lowest BCUT2D eigenvalue weighted by Crippen LogP contribution is -2.47. The highest BCUT2D eigenvalue weighted by Gasteiger charge is 2.34. The van der Waals surface area contributed by atoms with Crippen molar-refractivity contribution in [2.45, 2.75) is 70.9 Å². The summed E-state index contributed by atoms with van der Waals surface area (Å²) in [5.41, 5.74) is 8.49. The predicted octanol–water partition coefficient (Wildman–Crippen LogP) is 3.44. The highest BCUT2D eigenvalue weighted by Crippen LogP contribution is 2.38. The van der Waals surface area contributed by atoms with Crippen molar-refractivity contribution < 1.29 is 0 Å². The number of aromatic nitrogens is 1. The van der Waals surface area contributed by atoms with E-state index >= 15 is 0 Å². The number of hydrogen-bond acceptors (Lipinski definition) is 3. The molecule has 1 aliphatic carbocycles. The zero-order chi connectivity index (χ0) is 14.8. The summed E-state index contributed by atoms with van der Waals surface area (Å²) >= 11 is 0. The quantitative estimate of drug-likeness (QED) is 0.926. The average Bonchev–Trinajstić information content (AvgIpc) is 2.46.